The van der Waals surface area contributed by atoms with Crippen molar-refractivity contribution in [3.8, 4) is 0 Å². The quantitative estimate of drug-likeness (QED) is 0.772. The van der Waals surface area contributed by atoms with E-state index in [0.717, 1.165) is 23.0 Å². The largest absolute Gasteiger partial charge is 0.417 e. The van der Waals surface area contributed by atoms with E-state index in [2.05, 4.69) is 10.3 Å². The zero-order valence-corrected chi connectivity index (χ0v) is 9.27. The summed E-state index contributed by atoms with van der Waals surface area (Å²) in [6.45, 7) is 0. The van der Waals surface area contributed by atoms with E-state index in [1.54, 1.807) is 0 Å². The smallest absolute Gasteiger partial charge is 0.287 e. The molecule has 94 valence electrons. The Bertz CT molecular complexity index is 589. The van der Waals surface area contributed by atoms with E-state index in [1.807, 2.05) is 0 Å². The van der Waals surface area contributed by atoms with Crippen molar-refractivity contribution < 1.29 is 18.0 Å². The molecule has 0 unspecified atom stereocenters. The van der Waals surface area contributed by atoms with Gasteiger partial charge in [-0.15, -0.1) is 5.10 Å². The number of aromatic nitrogens is 3. The molecule has 18 heavy (non-hydrogen) atoms. The second-order valence-corrected chi connectivity index (χ2v) is 3.62. The van der Waals surface area contributed by atoms with Gasteiger partial charge < -0.3 is 0 Å². The van der Waals surface area contributed by atoms with Crippen LogP contribution in [0.15, 0.2) is 30.5 Å². The van der Waals surface area contributed by atoms with Crippen LogP contribution in [0.3, 0.4) is 0 Å². The van der Waals surface area contributed by atoms with Crippen LogP contribution in [0.2, 0.25) is 0 Å². The highest BCUT2D eigenvalue weighted by Crippen LogP contribution is 2.32. The molecule has 7 heteroatoms. The van der Waals surface area contributed by atoms with Gasteiger partial charge >= 0.3 is 6.18 Å². The second kappa shape index (κ2) is 4.25. The van der Waals surface area contributed by atoms with Crippen LogP contribution in [0.4, 0.5) is 13.2 Å². The molecule has 1 heterocycles. The lowest BCUT2D eigenvalue weighted by atomic mass is 10.0. The summed E-state index contributed by atoms with van der Waals surface area (Å²) in [5.41, 5.74) is -1.36. The molecule has 4 nitrogen and oxygen atoms in total. The lowest BCUT2D eigenvalue weighted by Crippen LogP contribution is -2.15. The van der Waals surface area contributed by atoms with E-state index in [4.69, 9.17) is 0 Å². The van der Waals surface area contributed by atoms with E-state index >= 15 is 0 Å². The van der Waals surface area contributed by atoms with Gasteiger partial charge in [0.25, 0.3) is 0 Å². The average Bonchev–Trinajstić information content (AvgIpc) is 2.73. The fourth-order valence-corrected chi connectivity index (χ4v) is 1.56. The molecule has 0 saturated carbocycles. The molecular weight excluding hydrogens is 247 g/mol. The first-order valence-electron chi connectivity index (χ1n) is 4.97. The van der Waals surface area contributed by atoms with Gasteiger partial charge in [-0.05, 0) is 6.07 Å². The molecule has 0 atom stereocenters. The number of hydrogen-bond acceptors (Lipinski definition) is 3. The van der Waals surface area contributed by atoms with Crippen molar-refractivity contribution in [3.63, 3.8) is 0 Å². The van der Waals surface area contributed by atoms with Crippen LogP contribution in [0.5, 0.6) is 0 Å². The summed E-state index contributed by atoms with van der Waals surface area (Å²) >= 11 is 0. The maximum Gasteiger partial charge on any atom is 0.417 e. The van der Waals surface area contributed by atoms with E-state index in [9.17, 15) is 18.0 Å². The highest BCUT2D eigenvalue weighted by molar-refractivity contribution is 6.08. The molecule has 0 aliphatic heterocycles. The first-order valence-corrected chi connectivity index (χ1v) is 4.97. The Labute approximate surface area is 100 Å². The molecule has 0 fully saturated rings. The van der Waals surface area contributed by atoms with Crippen molar-refractivity contribution in [3.05, 3.63) is 47.3 Å². The van der Waals surface area contributed by atoms with E-state index < -0.39 is 23.1 Å². The van der Waals surface area contributed by atoms with E-state index in [1.165, 1.54) is 19.2 Å². The number of carbonyl (C=O) groups excluding carboxylic acids is 1. The summed E-state index contributed by atoms with van der Waals surface area (Å²) in [4.78, 5) is 12.0. The van der Waals surface area contributed by atoms with Gasteiger partial charge in [0.2, 0.25) is 5.78 Å². The highest BCUT2D eigenvalue weighted by Gasteiger charge is 2.35. The molecule has 0 bridgehead atoms. The molecule has 1 aromatic carbocycles. The number of nitrogens with zero attached hydrogens (tertiary/aromatic N) is 3. The van der Waals surface area contributed by atoms with Crippen molar-refractivity contribution >= 4 is 5.78 Å². The minimum absolute atomic E-state index is 0.00620. The third-order valence-corrected chi connectivity index (χ3v) is 2.42. The normalized spacial score (nSPS) is 11.6. The molecule has 0 aliphatic carbocycles. The number of hydrogen-bond donors (Lipinski definition) is 0. The van der Waals surface area contributed by atoms with Gasteiger partial charge in [0.15, 0.2) is 0 Å². The van der Waals surface area contributed by atoms with Crippen molar-refractivity contribution in [2.45, 2.75) is 6.18 Å². The summed E-state index contributed by atoms with van der Waals surface area (Å²) in [6.07, 6.45) is -3.44. The molecule has 1 aromatic heterocycles. The molecule has 2 rings (SSSR count). The Hall–Kier alpha value is -2.18. The number of carbonyl (C=O) groups is 1. The van der Waals surface area contributed by atoms with Crippen LogP contribution in [0.1, 0.15) is 21.6 Å². The Morgan fingerprint density at radius 1 is 1.28 bits per heavy atom. The molecule has 0 aliphatic rings. The van der Waals surface area contributed by atoms with Crippen LogP contribution in [0.25, 0.3) is 0 Å². The minimum atomic E-state index is -4.57. The Balaban J connectivity index is 2.53. The van der Waals surface area contributed by atoms with Crippen molar-refractivity contribution in [1.82, 2.24) is 15.0 Å². The zero-order chi connectivity index (χ0) is 13.3. The number of ketones is 1. The first-order chi connectivity index (χ1) is 8.41. The summed E-state index contributed by atoms with van der Waals surface area (Å²) in [5, 5.41) is 6.99. The monoisotopic (exact) mass is 255 g/mol. The van der Waals surface area contributed by atoms with Gasteiger partial charge in [-0.3, -0.25) is 4.79 Å². The maximum absolute atomic E-state index is 12.8. The fraction of sp³-hybridized carbons (Fsp3) is 0.182. The number of rotatable bonds is 2. The second-order valence-electron chi connectivity index (χ2n) is 3.62. The topological polar surface area (TPSA) is 47.8 Å². The van der Waals surface area contributed by atoms with E-state index in [-0.39, 0.29) is 5.69 Å². The van der Waals surface area contributed by atoms with Gasteiger partial charge in [-0.2, -0.15) is 13.2 Å². The maximum atomic E-state index is 12.8. The van der Waals surface area contributed by atoms with Gasteiger partial charge in [-0.25, -0.2) is 4.68 Å². The minimum Gasteiger partial charge on any atom is -0.287 e. The van der Waals surface area contributed by atoms with Gasteiger partial charge in [0, 0.05) is 12.6 Å². The van der Waals surface area contributed by atoms with E-state index in [0.29, 0.717) is 0 Å². The molecule has 0 amide bonds. The van der Waals surface area contributed by atoms with Crippen LogP contribution in [0, 0.1) is 0 Å². The van der Waals surface area contributed by atoms with Crippen LogP contribution in [-0.2, 0) is 13.2 Å². The van der Waals surface area contributed by atoms with Crippen molar-refractivity contribution in [2.75, 3.05) is 0 Å². The lowest BCUT2D eigenvalue weighted by molar-refractivity contribution is -0.137. The number of aryl methyl sites for hydroxylation is 1. The predicted molar refractivity (Wildman–Crippen MR) is 55.9 cm³/mol. The third-order valence-electron chi connectivity index (χ3n) is 2.42. The standard InChI is InChI=1S/C11H8F3N3O/c1-17-9(6-15-16-17)10(18)7-4-2-3-5-8(7)11(12,13)14/h2-6H,1H3. The molecule has 2 aromatic rings. The Kier molecular flexibility index (Phi) is 2.90. The number of halogens is 3. The van der Waals surface area contributed by atoms with Crippen LogP contribution in [-0.4, -0.2) is 20.8 Å². The summed E-state index contributed by atoms with van der Waals surface area (Å²) < 4.78 is 39.4. The first kappa shape index (κ1) is 12.3. The highest BCUT2D eigenvalue weighted by atomic mass is 19.4. The van der Waals surface area contributed by atoms with Gasteiger partial charge in [-0.1, -0.05) is 23.4 Å². The number of alkyl halides is 3. The molecule has 0 N–H and O–H groups in total. The average molecular weight is 255 g/mol. The molecular formula is C11H8F3N3O. The molecule has 0 radical (unpaired) electrons. The predicted octanol–water partition coefficient (Wildman–Crippen LogP) is 2.06. The molecule has 0 saturated heterocycles. The van der Waals surface area contributed by atoms with Gasteiger partial charge in [0.05, 0.1) is 11.8 Å². The van der Waals surface area contributed by atoms with Crippen molar-refractivity contribution in [1.29, 1.82) is 0 Å². The summed E-state index contributed by atoms with van der Waals surface area (Å²) in [6, 6.07) is 4.63. The fourth-order valence-electron chi connectivity index (χ4n) is 1.56. The van der Waals surface area contributed by atoms with Crippen LogP contribution < -0.4 is 0 Å². The van der Waals surface area contributed by atoms with Crippen molar-refractivity contribution in [2.24, 2.45) is 7.05 Å². The third kappa shape index (κ3) is 2.11. The van der Waals surface area contributed by atoms with Crippen LogP contribution >= 0.6 is 0 Å². The zero-order valence-electron chi connectivity index (χ0n) is 9.27. The SMILES string of the molecule is Cn1nncc1C(=O)c1ccccc1C(F)(F)F. The van der Waals surface area contributed by atoms with Gasteiger partial charge in [0.1, 0.15) is 5.69 Å². The lowest BCUT2D eigenvalue weighted by Gasteiger charge is -2.11. The number of benzene rings is 1. The Morgan fingerprint density at radius 3 is 2.50 bits per heavy atom. The summed E-state index contributed by atoms with van der Waals surface area (Å²) in [5.74, 6) is -0.754. The Morgan fingerprint density at radius 2 is 1.94 bits per heavy atom. The summed E-state index contributed by atoms with van der Waals surface area (Å²) in [7, 11) is 1.44. The molecule has 0 spiro atoms.